The van der Waals surface area contributed by atoms with Gasteiger partial charge >= 0.3 is 5.97 Å². The summed E-state index contributed by atoms with van der Waals surface area (Å²) in [7, 11) is 0. The van der Waals surface area contributed by atoms with Gasteiger partial charge in [-0.1, -0.05) is 26.0 Å². The molecule has 0 unspecified atom stereocenters. The zero-order chi connectivity index (χ0) is 14.9. The zero-order valence-corrected chi connectivity index (χ0v) is 11.0. The monoisotopic (exact) mass is 276 g/mol. The van der Waals surface area contributed by atoms with Crippen LogP contribution in [0, 0.1) is 5.82 Å². The SMILES string of the molecule is CC(C)c1cn(-c2ccccc2F)nc(C(=O)O)c1=O. The van der Waals surface area contributed by atoms with E-state index in [1.165, 1.54) is 24.4 Å². The van der Waals surface area contributed by atoms with Gasteiger partial charge in [-0.05, 0) is 18.1 Å². The van der Waals surface area contributed by atoms with Crippen molar-refractivity contribution in [3.8, 4) is 5.69 Å². The molecule has 2 rings (SSSR count). The summed E-state index contributed by atoms with van der Waals surface area (Å²) in [6.07, 6.45) is 1.37. The Morgan fingerprint density at radius 3 is 2.55 bits per heavy atom. The zero-order valence-electron chi connectivity index (χ0n) is 11.0. The second-order valence-corrected chi connectivity index (χ2v) is 4.62. The number of aromatic nitrogens is 2. The number of carbonyl (C=O) groups is 1. The summed E-state index contributed by atoms with van der Waals surface area (Å²) in [5.41, 5.74) is -0.878. The van der Waals surface area contributed by atoms with Crippen molar-refractivity contribution in [3.05, 3.63) is 57.8 Å². The smallest absolute Gasteiger partial charge is 0.360 e. The molecule has 104 valence electrons. The Hall–Kier alpha value is -2.50. The molecule has 0 saturated carbocycles. The second-order valence-electron chi connectivity index (χ2n) is 4.62. The Morgan fingerprint density at radius 1 is 1.35 bits per heavy atom. The van der Waals surface area contributed by atoms with E-state index in [1.807, 2.05) is 0 Å². The summed E-state index contributed by atoms with van der Waals surface area (Å²) < 4.78 is 14.8. The first kappa shape index (κ1) is 13.9. The molecule has 6 heteroatoms. The van der Waals surface area contributed by atoms with Crippen LogP contribution in [-0.4, -0.2) is 20.9 Å². The average Bonchev–Trinajstić information content (AvgIpc) is 2.39. The molecule has 5 nitrogen and oxygen atoms in total. The molecule has 0 saturated heterocycles. The number of carboxylic acids is 1. The summed E-state index contributed by atoms with van der Waals surface area (Å²) in [6, 6.07) is 5.82. The molecular weight excluding hydrogens is 263 g/mol. The number of hydrogen-bond acceptors (Lipinski definition) is 3. The maximum Gasteiger partial charge on any atom is 0.360 e. The van der Waals surface area contributed by atoms with Crippen molar-refractivity contribution in [1.29, 1.82) is 0 Å². The van der Waals surface area contributed by atoms with Crippen molar-refractivity contribution < 1.29 is 14.3 Å². The molecule has 0 spiro atoms. The maximum atomic E-state index is 13.8. The van der Waals surface area contributed by atoms with Crippen LogP contribution < -0.4 is 5.43 Å². The van der Waals surface area contributed by atoms with Crippen LogP contribution in [-0.2, 0) is 0 Å². The summed E-state index contributed by atoms with van der Waals surface area (Å²) in [6.45, 7) is 3.52. The largest absolute Gasteiger partial charge is 0.476 e. The Bertz CT molecular complexity index is 723. The fourth-order valence-corrected chi connectivity index (χ4v) is 1.82. The Balaban J connectivity index is 2.76. The molecule has 0 bridgehead atoms. The highest BCUT2D eigenvalue weighted by molar-refractivity contribution is 5.85. The van der Waals surface area contributed by atoms with Gasteiger partial charge in [-0.25, -0.2) is 13.9 Å². The molecule has 0 amide bonds. The van der Waals surface area contributed by atoms with E-state index in [0.29, 0.717) is 0 Å². The molecule has 20 heavy (non-hydrogen) atoms. The van der Waals surface area contributed by atoms with E-state index in [1.54, 1.807) is 19.9 Å². The number of hydrogen-bond donors (Lipinski definition) is 1. The lowest BCUT2D eigenvalue weighted by molar-refractivity contribution is 0.0686. The van der Waals surface area contributed by atoms with Crippen LogP contribution in [0.3, 0.4) is 0 Å². The van der Waals surface area contributed by atoms with Gasteiger partial charge in [0.15, 0.2) is 0 Å². The first-order chi connectivity index (χ1) is 9.41. The van der Waals surface area contributed by atoms with Gasteiger partial charge in [0.05, 0.1) is 0 Å². The summed E-state index contributed by atoms with van der Waals surface area (Å²) in [5.74, 6) is -2.17. The first-order valence-electron chi connectivity index (χ1n) is 6.04. The van der Waals surface area contributed by atoms with Crippen LogP contribution in [0.15, 0.2) is 35.3 Å². The molecule has 0 aliphatic carbocycles. The standard InChI is InChI=1S/C14H13FN2O3/c1-8(2)9-7-17(11-6-4-3-5-10(11)15)16-12(13(9)18)14(19)20/h3-8H,1-2H3,(H,19,20). The number of aromatic carboxylic acids is 1. The van der Waals surface area contributed by atoms with Crippen LogP contribution in [0.4, 0.5) is 4.39 Å². The molecule has 0 atom stereocenters. The van der Waals surface area contributed by atoms with Gasteiger partial charge < -0.3 is 5.11 Å². The lowest BCUT2D eigenvalue weighted by Gasteiger charge is -2.11. The summed E-state index contributed by atoms with van der Waals surface area (Å²) >= 11 is 0. The third kappa shape index (κ3) is 2.45. The van der Waals surface area contributed by atoms with E-state index in [4.69, 9.17) is 5.11 Å². The lowest BCUT2D eigenvalue weighted by Crippen LogP contribution is -2.25. The van der Waals surface area contributed by atoms with Crippen molar-refractivity contribution in [3.63, 3.8) is 0 Å². The van der Waals surface area contributed by atoms with E-state index in [-0.39, 0.29) is 17.2 Å². The van der Waals surface area contributed by atoms with Crippen molar-refractivity contribution in [2.24, 2.45) is 0 Å². The minimum Gasteiger partial charge on any atom is -0.476 e. The third-order valence-electron chi connectivity index (χ3n) is 2.87. The highest BCUT2D eigenvalue weighted by Gasteiger charge is 2.18. The number of halogens is 1. The molecule has 0 fully saturated rings. The lowest BCUT2D eigenvalue weighted by atomic mass is 10.0. The molecule has 0 radical (unpaired) electrons. The number of para-hydroxylation sites is 1. The molecule has 1 aromatic carbocycles. The molecular formula is C14H13FN2O3. The predicted octanol–water partition coefficient (Wildman–Crippen LogP) is 2.19. The van der Waals surface area contributed by atoms with Crippen molar-refractivity contribution >= 4 is 5.97 Å². The highest BCUT2D eigenvalue weighted by atomic mass is 19.1. The fraction of sp³-hybridized carbons (Fsp3) is 0.214. The Kier molecular flexibility index (Phi) is 3.65. The fourth-order valence-electron chi connectivity index (χ4n) is 1.82. The molecule has 0 aliphatic heterocycles. The number of benzene rings is 1. The van der Waals surface area contributed by atoms with E-state index in [0.717, 1.165) is 4.68 Å². The van der Waals surface area contributed by atoms with Crippen LogP contribution in [0.1, 0.15) is 35.8 Å². The highest BCUT2D eigenvalue weighted by Crippen LogP contribution is 2.15. The predicted molar refractivity (Wildman–Crippen MR) is 70.8 cm³/mol. The molecule has 1 aromatic heterocycles. The molecule has 2 aromatic rings. The van der Waals surface area contributed by atoms with E-state index >= 15 is 0 Å². The van der Waals surface area contributed by atoms with E-state index in [9.17, 15) is 14.0 Å². The van der Waals surface area contributed by atoms with E-state index in [2.05, 4.69) is 5.10 Å². The maximum absolute atomic E-state index is 13.8. The molecule has 1 N–H and O–H groups in total. The van der Waals surface area contributed by atoms with Gasteiger partial charge in [-0.2, -0.15) is 5.10 Å². The van der Waals surface area contributed by atoms with Gasteiger partial charge in [0, 0.05) is 11.8 Å². The van der Waals surface area contributed by atoms with Crippen LogP contribution in [0.5, 0.6) is 0 Å². The number of nitrogens with zero attached hydrogens (tertiary/aromatic N) is 2. The van der Waals surface area contributed by atoms with E-state index < -0.39 is 22.9 Å². The van der Waals surface area contributed by atoms with Crippen LogP contribution >= 0.6 is 0 Å². The van der Waals surface area contributed by atoms with Gasteiger partial charge in [0.25, 0.3) is 0 Å². The van der Waals surface area contributed by atoms with Gasteiger partial charge in [0.2, 0.25) is 11.1 Å². The van der Waals surface area contributed by atoms with Crippen LogP contribution in [0.2, 0.25) is 0 Å². The van der Waals surface area contributed by atoms with Crippen molar-refractivity contribution in [2.75, 3.05) is 0 Å². The van der Waals surface area contributed by atoms with Gasteiger partial charge in [-0.3, -0.25) is 4.79 Å². The Morgan fingerprint density at radius 2 is 2.00 bits per heavy atom. The quantitative estimate of drug-likeness (QED) is 0.932. The second kappa shape index (κ2) is 5.24. The number of carboxylic acid groups (broad SMARTS) is 1. The van der Waals surface area contributed by atoms with Crippen molar-refractivity contribution in [1.82, 2.24) is 9.78 Å². The number of rotatable bonds is 3. The molecule has 0 aliphatic rings. The molecule has 1 heterocycles. The topological polar surface area (TPSA) is 72.2 Å². The third-order valence-corrected chi connectivity index (χ3v) is 2.87. The normalized spacial score (nSPS) is 10.8. The van der Waals surface area contributed by atoms with Gasteiger partial charge in [-0.15, -0.1) is 0 Å². The summed E-state index contributed by atoms with van der Waals surface area (Å²) in [4.78, 5) is 23.1. The minimum absolute atomic E-state index is 0.0944. The minimum atomic E-state index is -1.43. The van der Waals surface area contributed by atoms with Crippen LogP contribution in [0.25, 0.3) is 5.69 Å². The summed E-state index contributed by atoms with van der Waals surface area (Å²) in [5, 5.41) is 12.8. The Labute approximate surface area is 114 Å². The van der Waals surface area contributed by atoms with Gasteiger partial charge in [0.1, 0.15) is 11.5 Å². The first-order valence-corrected chi connectivity index (χ1v) is 6.04. The van der Waals surface area contributed by atoms with Crippen molar-refractivity contribution in [2.45, 2.75) is 19.8 Å². The average molecular weight is 276 g/mol.